The van der Waals surface area contributed by atoms with E-state index in [0.717, 1.165) is 5.56 Å². The number of esters is 1. The number of aryl methyl sites for hydroxylation is 1. The molecule has 2 N–H and O–H groups in total. The highest BCUT2D eigenvalue weighted by Crippen LogP contribution is 2.44. The molecule has 30 heavy (non-hydrogen) atoms. The van der Waals surface area contributed by atoms with Gasteiger partial charge in [0.1, 0.15) is 12.4 Å². The molecule has 0 aromatic heterocycles. The van der Waals surface area contributed by atoms with Crippen LogP contribution in [-0.4, -0.2) is 27.9 Å². The predicted octanol–water partition coefficient (Wildman–Crippen LogP) is 3.65. The fraction of sp³-hybridized carbons (Fsp3) is 0.167. The number of benzene rings is 3. The van der Waals surface area contributed by atoms with E-state index in [9.17, 15) is 19.8 Å². The third-order valence-electron chi connectivity index (χ3n) is 5.19. The normalized spacial score (nSPS) is 20.2. The van der Waals surface area contributed by atoms with Crippen LogP contribution >= 0.6 is 0 Å². The van der Waals surface area contributed by atoms with Crippen LogP contribution in [0.25, 0.3) is 0 Å². The molecule has 1 aliphatic heterocycles. The number of fused-ring (bicyclic) bond motifs is 1. The van der Waals surface area contributed by atoms with Crippen molar-refractivity contribution >= 4 is 11.9 Å². The smallest absolute Gasteiger partial charge is 0.378 e. The Morgan fingerprint density at radius 2 is 1.70 bits per heavy atom. The third-order valence-corrected chi connectivity index (χ3v) is 5.19. The fourth-order valence-electron chi connectivity index (χ4n) is 3.70. The topological polar surface area (TPSA) is 93.1 Å². The van der Waals surface area contributed by atoms with Gasteiger partial charge in [-0.25, -0.2) is 9.59 Å². The van der Waals surface area contributed by atoms with Crippen molar-refractivity contribution in [3.8, 4) is 5.75 Å². The van der Waals surface area contributed by atoms with Crippen LogP contribution in [0.4, 0.5) is 0 Å². The standard InChI is InChI=1S/C24H20O6/c1-15-12-18-19(13-20(15)29-14-16-8-4-2-5-9-16)22(25)30-24(28,23(26)27)21(18)17-10-6-3-7-11-17/h2-13,21,28H,14H2,1H3,(H,26,27). The van der Waals surface area contributed by atoms with Gasteiger partial charge in [0.25, 0.3) is 0 Å². The van der Waals surface area contributed by atoms with E-state index in [1.165, 1.54) is 0 Å². The first-order valence-electron chi connectivity index (χ1n) is 9.45. The quantitative estimate of drug-likeness (QED) is 0.631. The molecular formula is C24H20O6. The van der Waals surface area contributed by atoms with Crippen LogP contribution in [-0.2, 0) is 16.1 Å². The Hall–Kier alpha value is -3.64. The lowest BCUT2D eigenvalue weighted by molar-refractivity contribution is -0.211. The van der Waals surface area contributed by atoms with Crippen molar-refractivity contribution in [2.24, 2.45) is 0 Å². The second-order valence-electron chi connectivity index (χ2n) is 7.21. The van der Waals surface area contributed by atoms with Crippen molar-refractivity contribution in [1.82, 2.24) is 0 Å². The van der Waals surface area contributed by atoms with Gasteiger partial charge in [-0.15, -0.1) is 0 Å². The molecule has 6 heteroatoms. The molecule has 1 aliphatic rings. The fourth-order valence-corrected chi connectivity index (χ4v) is 3.70. The lowest BCUT2D eigenvalue weighted by atomic mass is 9.79. The van der Waals surface area contributed by atoms with E-state index in [-0.39, 0.29) is 5.56 Å². The van der Waals surface area contributed by atoms with E-state index in [0.29, 0.717) is 29.0 Å². The van der Waals surface area contributed by atoms with Crippen LogP contribution in [0, 0.1) is 6.92 Å². The first-order chi connectivity index (χ1) is 14.4. The van der Waals surface area contributed by atoms with Gasteiger partial charge in [-0.3, -0.25) is 0 Å². The molecule has 4 rings (SSSR count). The van der Waals surface area contributed by atoms with E-state index in [4.69, 9.17) is 9.47 Å². The summed E-state index contributed by atoms with van der Waals surface area (Å²) in [7, 11) is 0. The van der Waals surface area contributed by atoms with Gasteiger partial charge in [0.2, 0.25) is 0 Å². The molecule has 3 aromatic rings. The summed E-state index contributed by atoms with van der Waals surface area (Å²) in [6, 6.07) is 21.5. The first-order valence-corrected chi connectivity index (χ1v) is 9.45. The Kier molecular flexibility index (Phi) is 5.01. The largest absolute Gasteiger partial charge is 0.489 e. The van der Waals surface area contributed by atoms with Gasteiger partial charge in [0.05, 0.1) is 11.5 Å². The Morgan fingerprint density at radius 3 is 2.33 bits per heavy atom. The van der Waals surface area contributed by atoms with Gasteiger partial charge < -0.3 is 19.7 Å². The maximum atomic E-state index is 12.6. The number of carbonyl (C=O) groups is 2. The number of cyclic esters (lactones) is 1. The molecule has 0 saturated carbocycles. The Labute approximate surface area is 173 Å². The van der Waals surface area contributed by atoms with Gasteiger partial charge >= 0.3 is 17.7 Å². The van der Waals surface area contributed by atoms with Crippen LogP contribution in [0.2, 0.25) is 0 Å². The molecule has 3 aromatic carbocycles. The molecule has 152 valence electrons. The van der Waals surface area contributed by atoms with Crippen molar-refractivity contribution < 1.29 is 29.3 Å². The van der Waals surface area contributed by atoms with Crippen molar-refractivity contribution in [1.29, 1.82) is 0 Å². The van der Waals surface area contributed by atoms with Crippen LogP contribution in [0.3, 0.4) is 0 Å². The van der Waals surface area contributed by atoms with Crippen molar-refractivity contribution in [3.63, 3.8) is 0 Å². The molecule has 0 amide bonds. The van der Waals surface area contributed by atoms with Crippen molar-refractivity contribution in [3.05, 3.63) is 101 Å². The summed E-state index contributed by atoms with van der Waals surface area (Å²) in [5, 5.41) is 20.5. The highest BCUT2D eigenvalue weighted by molar-refractivity contribution is 5.97. The molecule has 2 atom stereocenters. The van der Waals surface area contributed by atoms with E-state index in [2.05, 4.69) is 0 Å². The molecular weight excluding hydrogens is 384 g/mol. The monoisotopic (exact) mass is 404 g/mol. The van der Waals surface area contributed by atoms with E-state index in [1.54, 1.807) is 42.5 Å². The average molecular weight is 404 g/mol. The highest BCUT2D eigenvalue weighted by atomic mass is 16.7. The molecule has 0 bridgehead atoms. The molecule has 6 nitrogen and oxygen atoms in total. The van der Waals surface area contributed by atoms with E-state index < -0.39 is 23.6 Å². The average Bonchev–Trinajstić information content (AvgIpc) is 2.74. The minimum Gasteiger partial charge on any atom is -0.489 e. The molecule has 1 heterocycles. The number of aliphatic carboxylic acids is 1. The van der Waals surface area contributed by atoms with Gasteiger partial charge in [-0.05, 0) is 35.2 Å². The summed E-state index contributed by atoms with van der Waals surface area (Å²) in [6.45, 7) is 2.12. The van der Waals surface area contributed by atoms with Crippen LogP contribution in [0.1, 0.15) is 38.5 Å². The van der Waals surface area contributed by atoms with Crippen molar-refractivity contribution in [2.45, 2.75) is 25.2 Å². The van der Waals surface area contributed by atoms with Crippen LogP contribution < -0.4 is 4.74 Å². The number of carboxylic acid groups (broad SMARTS) is 1. The summed E-state index contributed by atoms with van der Waals surface area (Å²) >= 11 is 0. The lowest BCUT2D eigenvalue weighted by Gasteiger charge is -2.37. The third kappa shape index (κ3) is 3.42. The second kappa shape index (κ2) is 7.65. The number of carbonyl (C=O) groups excluding carboxylic acids is 1. The number of ether oxygens (including phenoxy) is 2. The second-order valence-corrected chi connectivity index (χ2v) is 7.21. The zero-order valence-electron chi connectivity index (χ0n) is 16.2. The summed E-state index contributed by atoms with van der Waals surface area (Å²) in [5.74, 6) is -5.83. The summed E-state index contributed by atoms with van der Waals surface area (Å²) < 4.78 is 10.9. The zero-order chi connectivity index (χ0) is 21.3. The highest BCUT2D eigenvalue weighted by Gasteiger charge is 2.54. The number of aliphatic hydroxyl groups is 1. The Morgan fingerprint density at radius 1 is 1.07 bits per heavy atom. The Bertz CT molecular complexity index is 1090. The van der Waals surface area contributed by atoms with Gasteiger partial charge in [0, 0.05) is 0 Å². The maximum Gasteiger partial charge on any atom is 0.378 e. The molecule has 0 spiro atoms. The number of hydrogen-bond donors (Lipinski definition) is 2. The number of carboxylic acids is 1. The van der Waals surface area contributed by atoms with E-state index in [1.807, 2.05) is 37.3 Å². The molecule has 0 radical (unpaired) electrons. The van der Waals surface area contributed by atoms with E-state index >= 15 is 0 Å². The van der Waals surface area contributed by atoms with Crippen LogP contribution in [0.15, 0.2) is 72.8 Å². The number of hydrogen-bond acceptors (Lipinski definition) is 5. The van der Waals surface area contributed by atoms with Gasteiger partial charge in [-0.1, -0.05) is 66.7 Å². The molecule has 0 fully saturated rings. The number of rotatable bonds is 5. The van der Waals surface area contributed by atoms with Crippen molar-refractivity contribution in [2.75, 3.05) is 0 Å². The summed E-state index contributed by atoms with van der Waals surface area (Å²) in [6.07, 6.45) is 0. The predicted molar refractivity (Wildman–Crippen MR) is 108 cm³/mol. The first kappa shape index (κ1) is 19.7. The minimum atomic E-state index is -2.70. The van der Waals surface area contributed by atoms with Crippen LogP contribution in [0.5, 0.6) is 5.75 Å². The zero-order valence-corrected chi connectivity index (χ0v) is 16.2. The molecule has 0 aliphatic carbocycles. The summed E-state index contributed by atoms with van der Waals surface area (Å²) in [5.41, 5.74) is 2.76. The van der Waals surface area contributed by atoms with Gasteiger partial charge in [-0.2, -0.15) is 0 Å². The minimum absolute atomic E-state index is 0.170. The lowest BCUT2D eigenvalue weighted by Crippen LogP contribution is -2.52. The summed E-state index contributed by atoms with van der Waals surface area (Å²) in [4.78, 5) is 24.5. The molecule has 2 unspecified atom stereocenters. The maximum absolute atomic E-state index is 12.6. The van der Waals surface area contributed by atoms with Gasteiger partial charge in [0.15, 0.2) is 0 Å². The Balaban J connectivity index is 1.78. The molecule has 0 saturated heterocycles. The SMILES string of the molecule is Cc1cc2c(cc1OCc1ccccc1)C(=O)OC(O)(C(=O)O)C2c1ccccc1.